The average molecular weight is 484 g/mol. The zero-order valence-electron chi connectivity index (χ0n) is 20.1. The molecule has 0 atom stereocenters. The van der Waals surface area contributed by atoms with E-state index in [1.165, 1.54) is 22.8 Å². The van der Waals surface area contributed by atoms with Gasteiger partial charge in [0.2, 0.25) is 11.6 Å². The van der Waals surface area contributed by atoms with E-state index in [2.05, 4.69) is 61.6 Å². The predicted molar refractivity (Wildman–Crippen MR) is 140 cm³/mol. The molecule has 2 aromatic carbocycles. The maximum Gasteiger partial charge on any atom is 0.353 e. The highest BCUT2D eigenvalue weighted by Crippen LogP contribution is 2.36. The van der Waals surface area contributed by atoms with Gasteiger partial charge in [-0.05, 0) is 36.5 Å². The van der Waals surface area contributed by atoms with E-state index in [1.807, 2.05) is 23.1 Å². The van der Waals surface area contributed by atoms with Crippen molar-refractivity contribution in [3.63, 3.8) is 0 Å². The lowest BCUT2D eigenvalue weighted by molar-refractivity contribution is -0.383. The van der Waals surface area contributed by atoms with Crippen LogP contribution >= 0.6 is 0 Å². The number of nitrogens with zero attached hydrogens (tertiary/aromatic N) is 5. The van der Waals surface area contributed by atoms with Gasteiger partial charge in [-0.2, -0.15) is 0 Å². The summed E-state index contributed by atoms with van der Waals surface area (Å²) >= 11 is 0. The molecule has 0 aliphatic carbocycles. The number of likely N-dealkylation sites (tertiary alicyclic amines) is 1. The highest BCUT2D eigenvalue weighted by atomic mass is 16.6. The number of fused-ring (bicyclic) bond motifs is 3. The minimum atomic E-state index is -0.344. The minimum absolute atomic E-state index is 0.0382. The van der Waals surface area contributed by atoms with Gasteiger partial charge in [-0.3, -0.25) is 15.0 Å². The Balaban J connectivity index is 1.18. The van der Waals surface area contributed by atoms with Crippen molar-refractivity contribution in [2.24, 2.45) is 0 Å². The van der Waals surface area contributed by atoms with Gasteiger partial charge in [0, 0.05) is 48.8 Å². The van der Waals surface area contributed by atoms with Crippen LogP contribution in [0.4, 0.5) is 17.3 Å². The van der Waals surface area contributed by atoms with Gasteiger partial charge in [-0.1, -0.05) is 48.5 Å². The molecule has 1 saturated heterocycles. The lowest BCUT2D eigenvalue weighted by Crippen LogP contribution is -2.39. The summed E-state index contributed by atoms with van der Waals surface area (Å²) in [5.41, 5.74) is 4.75. The van der Waals surface area contributed by atoms with Crippen LogP contribution in [0.25, 0.3) is 10.9 Å². The largest absolute Gasteiger partial charge is 0.361 e. The van der Waals surface area contributed by atoms with Crippen LogP contribution in [-0.2, 0) is 19.5 Å². The average Bonchev–Trinajstić information content (AvgIpc) is 3.28. The second-order valence-electron chi connectivity index (χ2n) is 9.63. The Labute approximate surface area is 209 Å². The van der Waals surface area contributed by atoms with E-state index in [0.717, 1.165) is 50.1 Å². The molecule has 2 aromatic heterocycles. The SMILES string of the molecule is O=[N+]([O-])c1c(NC2CCN(Cc3ccccc3)CC2)ncnc1N1CCc2c([nH]c3ccccc23)C1. The molecule has 4 heterocycles. The molecule has 1 fully saturated rings. The van der Waals surface area contributed by atoms with Gasteiger partial charge >= 0.3 is 5.69 Å². The zero-order valence-corrected chi connectivity index (χ0v) is 20.1. The second kappa shape index (κ2) is 9.58. The van der Waals surface area contributed by atoms with Gasteiger partial charge in [-0.15, -0.1) is 0 Å². The van der Waals surface area contributed by atoms with E-state index in [0.29, 0.717) is 24.7 Å². The van der Waals surface area contributed by atoms with Gasteiger partial charge in [0.25, 0.3) is 0 Å². The fraction of sp³-hybridized carbons (Fsp3) is 0.333. The van der Waals surface area contributed by atoms with Crippen LogP contribution in [0, 0.1) is 10.1 Å². The zero-order chi connectivity index (χ0) is 24.5. The Kier molecular flexibility index (Phi) is 5.98. The topological polar surface area (TPSA) is 103 Å². The summed E-state index contributed by atoms with van der Waals surface area (Å²) in [7, 11) is 0. The van der Waals surface area contributed by atoms with Crippen LogP contribution < -0.4 is 10.2 Å². The van der Waals surface area contributed by atoms with Gasteiger partial charge in [-0.25, -0.2) is 9.97 Å². The number of aromatic nitrogens is 3. The predicted octanol–water partition coefficient (Wildman–Crippen LogP) is 4.51. The molecule has 0 saturated carbocycles. The number of anilines is 2. The maximum atomic E-state index is 12.2. The second-order valence-corrected chi connectivity index (χ2v) is 9.63. The van der Waals surface area contributed by atoms with Crippen LogP contribution in [0.2, 0.25) is 0 Å². The van der Waals surface area contributed by atoms with Gasteiger partial charge in [0.1, 0.15) is 6.33 Å². The Morgan fingerprint density at radius 1 is 1.03 bits per heavy atom. The normalized spacial score (nSPS) is 16.7. The first-order chi connectivity index (χ1) is 17.7. The van der Waals surface area contributed by atoms with E-state index < -0.39 is 0 Å². The van der Waals surface area contributed by atoms with Crippen molar-refractivity contribution in [2.45, 2.75) is 38.4 Å². The monoisotopic (exact) mass is 483 g/mol. The third-order valence-corrected chi connectivity index (χ3v) is 7.35. The molecule has 0 bridgehead atoms. The quantitative estimate of drug-likeness (QED) is 0.307. The number of para-hydroxylation sites is 1. The highest BCUT2D eigenvalue weighted by Gasteiger charge is 2.31. The van der Waals surface area contributed by atoms with Crippen LogP contribution in [0.5, 0.6) is 0 Å². The van der Waals surface area contributed by atoms with Crippen molar-refractivity contribution in [1.29, 1.82) is 0 Å². The molecular weight excluding hydrogens is 454 g/mol. The van der Waals surface area contributed by atoms with E-state index in [9.17, 15) is 10.1 Å². The molecule has 9 nitrogen and oxygen atoms in total. The standard InChI is InChI=1S/C27H29N7O2/c35-34(36)25-26(30-20-10-13-32(14-11-20)16-19-6-2-1-3-7-19)28-18-29-27(25)33-15-12-22-21-8-4-5-9-23(21)31-24(22)17-33/h1-9,18,20,31H,10-17H2,(H,28,29,30). The number of nitrogens with one attached hydrogen (secondary N) is 2. The smallest absolute Gasteiger partial charge is 0.353 e. The molecule has 0 radical (unpaired) electrons. The molecule has 0 unspecified atom stereocenters. The molecule has 2 aliphatic heterocycles. The Hall–Kier alpha value is -3.98. The first kappa shape index (κ1) is 22.5. The molecule has 0 spiro atoms. The molecule has 36 heavy (non-hydrogen) atoms. The van der Waals surface area contributed by atoms with E-state index in [-0.39, 0.29) is 16.7 Å². The summed E-state index contributed by atoms with van der Waals surface area (Å²) in [6.07, 6.45) is 4.07. The molecule has 184 valence electrons. The van der Waals surface area contributed by atoms with Crippen molar-refractivity contribution in [3.8, 4) is 0 Å². The summed E-state index contributed by atoms with van der Waals surface area (Å²) in [6, 6.07) is 18.9. The van der Waals surface area contributed by atoms with Crippen molar-refractivity contribution < 1.29 is 4.92 Å². The van der Waals surface area contributed by atoms with Crippen LogP contribution in [0.1, 0.15) is 29.7 Å². The van der Waals surface area contributed by atoms with E-state index in [1.54, 1.807) is 0 Å². The first-order valence-corrected chi connectivity index (χ1v) is 12.5. The fourth-order valence-corrected chi connectivity index (χ4v) is 5.52. The number of hydrogen-bond donors (Lipinski definition) is 2. The van der Waals surface area contributed by atoms with Gasteiger partial charge < -0.3 is 15.2 Å². The lowest BCUT2D eigenvalue weighted by atomic mass is 10.0. The summed E-state index contributed by atoms with van der Waals surface area (Å²) < 4.78 is 0. The third-order valence-electron chi connectivity index (χ3n) is 7.35. The Morgan fingerprint density at radius 2 is 1.81 bits per heavy atom. The number of H-pyrrole nitrogens is 1. The summed E-state index contributed by atoms with van der Waals surface area (Å²) in [5, 5.41) is 16.8. The van der Waals surface area contributed by atoms with Crippen LogP contribution in [0.15, 0.2) is 60.9 Å². The van der Waals surface area contributed by atoms with Gasteiger partial charge in [0.15, 0.2) is 0 Å². The molecule has 9 heteroatoms. The number of nitro groups is 1. The van der Waals surface area contributed by atoms with Crippen molar-refractivity contribution in [2.75, 3.05) is 29.9 Å². The number of hydrogen-bond acceptors (Lipinski definition) is 7. The van der Waals surface area contributed by atoms with E-state index >= 15 is 0 Å². The van der Waals surface area contributed by atoms with Crippen molar-refractivity contribution >= 4 is 28.2 Å². The number of piperidine rings is 1. The molecule has 4 aromatic rings. The lowest BCUT2D eigenvalue weighted by Gasteiger charge is -2.33. The first-order valence-electron chi connectivity index (χ1n) is 12.5. The number of aromatic amines is 1. The minimum Gasteiger partial charge on any atom is -0.361 e. The summed E-state index contributed by atoms with van der Waals surface area (Å²) in [5.74, 6) is 0.692. The number of benzene rings is 2. The van der Waals surface area contributed by atoms with E-state index in [4.69, 9.17) is 0 Å². The molecule has 2 N–H and O–H groups in total. The summed E-state index contributed by atoms with van der Waals surface area (Å²) in [4.78, 5) is 28.5. The molecule has 0 amide bonds. The molecule has 6 rings (SSSR count). The highest BCUT2D eigenvalue weighted by molar-refractivity contribution is 5.85. The van der Waals surface area contributed by atoms with Crippen molar-refractivity contribution in [1.82, 2.24) is 19.9 Å². The Bertz CT molecular complexity index is 1380. The Morgan fingerprint density at radius 3 is 2.61 bits per heavy atom. The molecular formula is C27H29N7O2. The third kappa shape index (κ3) is 4.37. The fourth-order valence-electron chi connectivity index (χ4n) is 5.52. The summed E-state index contributed by atoms with van der Waals surface area (Å²) in [6.45, 7) is 4.03. The van der Waals surface area contributed by atoms with Crippen molar-refractivity contribution in [3.05, 3.63) is 87.9 Å². The molecule has 2 aliphatic rings. The maximum absolute atomic E-state index is 12.2. The van der Waals surface area contributed by atoms with Crippen LogP contribution in [-0.4, -0.2) is 50.5 Å². The van der Waals surface area contributed by atoms with Crippen LogP contribution in [0.3, 0.4) is 0 Å². The van der Waals surface area contributed by atoms with Gasteiger partial charge in [0.05, 0.1) is 11.5 Å². The number of rotatable bonds is 6.